The van der Waals surface area contributed by atoms with E-state index in [0.29, 0.717) is 0 Å². The third kappa shape index (κ3) is 3.07. The molecule has 0 radical (unpaired) electrons. The zero-order chi connectivity index (χ0) is 12.3. The van der Waals surface area contributed by atoms with Crippen LogP contribution < -0.4 is 11.1 Å². The molecule has 0 aliphatic rings. The van der Waals surface area contributed by atoms with Gasteiger partial charge in [0.1, 0.15) is 0 Å². The number of nitrogens with two attached hydrogens (primary N) is 1. The fraction of sp³-hybridized carbons (Fsp3) is 0.462. The summed E-state index contributed by atoms with van der Waals surface area (Å²) in [5, 5.41) is 2.87. The standard InChI is InChI=1S/C13H20N2O/c1-8(2)12(14)13(16)15-11-7-9(3)5-6-10(11)4/h5-8,12H,14H2,1-4H3,(H,15,16). The van der Waals surface area contributed by atoms with Gasteiger partial charge in [0, 0.05) is 5.69 Å². The van der Waals surface area contributed by atoms with E-state index in [1.54, 1.807) is 0 Å². The van der Waals surface area contributed by atoms with Gasteiger partial charge in [-0.05, 0) is 37.0 Å². The molecule has 1 aromatic rings. The zero-order valence-corrected chi connectivity index (χ0v) is 10.4. The summed E-state index contributed by atoms with van der Waals surface area (Å²) < 4.78 is 0. The minimum absolute atomic E-state index is 0.122. The van der Waals surface area contributed by atoms with Crippen LogP contribution in [-0.4, -0.2) is 11.9 Å². The molecule has 3 N–H and O–H groups in total. The predicted octanol–water partition coefficient (Wildman–Crippen LogP) is 2.23. The van der Waals surface area contributed by atoms with Crippen LogP contribution in [0, 0.1) is 19.8 Å². The van der Waals surface area contributed by atoms with Crippen LogP contribution in [0.4, 0.5) is 5.69 Å². The lowest BCUT2D eigenvalue weighted by molar-refractivity contribution is -0.118. The number of benzene rings is 1. The van der Waals surface area contributed by atoms with Gasteiger partial charge in [-0.1, -0.05) is 26.0 Å². The number of hydrogen-bond acceptors (Lipinski definition) is 2. The Morgan fingerprint density at radius 1 is 1.31 bits per heavy atom. The molecule has 88 valence electrons. The molecule has 1 amide bonds. The van der Waals surface area contributed by atoms with E-state index in [1.807, 2.05) is 45.9 Å². The summed E-state index contributed by atoms with van der Waals surface area (Å²) in [7, 11) is 0. The summed E-state index contributed by atoms with van der Waals surface area (Å²) >= 11 is 0. The van der Waals surface area contributed by atoms with Gasteiger partial charge >= 0.3 is 0 Å². The SMILES string of the molecule is Cc1ccc(C)c(NC(=O)C(N)C(C)C)c1. The molecule has 0 saturated carbocycles. The quantitative estimate of drug-likeness (QED) is 0.820. The highest BCUT2D eigenvalue weighted by Gasteiger charge is 2.17. The van der Waals surface area contributed by atoms with Crippen LogP contribution in [0.2, 0.25) is 0 Å². The molecule has 0 aliphatic heterocycles. The Morgan fingerprint density at radius 2 is 1.94 bits per heavy atom. The lowest BCUT2D eigenvalue weighted by Gasteiger charge is -2.16. The van der Waals surface area contributed by atoms with Gasteiger partial charge in [0.05, 0.1) is 6.04 Å². The molecule has 3 heteroatoms. The van der Waals surface area contributed by atoms with Gasteiger partial charge in [-0.2, -0.15) is 0 Å². The van der Waals surface area contributed by atoms with Crippen molar-refractivity contribution >= 4 is 11.6 Å². The van der Waals surface area contributed by atoms with Crippen molar-refractivity contribution in [2.45, 2.75) is 33.7 Å². The first-order chi connectivity index (χ1) is 7.41. The number of carbonyl (C=O) groups excluding carboxylic acids is 1. The van der Waals surface area contributed by atoms with E-state index in [1.165, 1.54) is 0 Å². The Balaban J connectivity index is 2.80. The summed E-state index contributed by atoms with van der Waals surface area (Å²) in [5.74, 6) is 0.0221. The minimum atomic E-state index is -0.458. The van der Waals surface area contributed by atoms with Crippen molar-refractivity contribution in [3.8, 4) is 0 Å². The van der Waals surface area contributed by atoms with E-state index in [4.69, 9.17) is 5.73 Å². The molecule has 0 aliphatic carbocycles. The third-order valence-electron chi connectivity index (χ3n) is 2.67. The Labute approximate surface area is 97.0 Å². The van der Waals surface area contributed by atoms with Crippen LogP contribution in [0.1, 0.15) is 25.0 Å². The average molecular weight is 220 g/mol. The summed E-state index contributed by atoms with van der Waals surface area (Å²) in [5.41, 5.74) is 8.81. The zero-order valence-electron chi connectivity index (χ0n) is 10.4. The second kappa shape index (κ2) is 5.12. The summed E-state index contributed by atoms with van der Waals surface area (Å²) in [6.07, 6.45) is 0. The van der Waals surface area contributed by atoms with Crippen LogP contribution in [-0.2, 0) is 4.79 Å². The van der Waals surface area contributed by atoms with Crippen LogP contribution in [0.5, 0.6) is 0 Å². The van der Waals surface area contributed by atoms with E-state index >= 15 is 0 Å². The summed E-state index contributed by atoms with van der Waals surface area (Å²) in [4.78, 5) is 11.8. The van der Waals surface area contributed by atoms with Crippen LogP contribution in [0.25, 0.3) is 0 Å². The number of aryl methyl sites for hydroxylation is 2. The number of amides is 1. The van der Waals surface area contributed by atoms with Crippen molar-refractivity contribution in [3.63, 3.8) is 0 Å². The van der Waals surface area contributed by atoms with Crippen molar-refractivity contribution in [1.29, 1.82) is 0 Å². The topological polar surface area (TPSA) is 55.1 Å². The molecule has 0 heterocycles. The Kier molecular flexibility index (Phi) is 4.07. The highest BCUT2D eigenvalue weighted by atomic mass is 16.2. The first kappa shape index (κ1) is 12.7. The molecule has 1 unspecified atom stereocenters. The van der Waals surface area contributed by atoms with Crippen molar-refractivity contribution in [2.75, 3.05) is 5.32 Å². The van der Waals surface area contributed by atoms with E-state index in [2.05, 4.69) is 5.32 Å². The first-order valence-electron chi connectivity index (χ1n) is 5.55. The van der Waals surface area contributed by atoms with Gasteiger partial charge in [0.2, 0.25) is 5.91 Å². The van der Waals surface area contributed by atoms with Gasteiger partial charge in [0.25, 0.3) is 0 Å². The second-order valence-electron chi connectivity index (χ2n) is 4.58. The molecule has 0 aromatic heterocycles. The number of anilines is 1. The Morgan fingerprint density at radius 3 is 2.50 bits per heavy atom. The third-order valence-corrected chi connectivity index (χ3v) is 2.67. The largest absolute Gasteiger partial charge is 0.324 e. The molecular weight excluding hydrogens is 200 g/mol. The highest BCUT2D eigenvalue weighted by Crippen LogP contribution is 2.16. The molecule has 0 saturated heterocycles. The molecule has 1 atom stereocenters. The summed E-state index contributed by atoms with van der Waals surface area (Å²) in [6.45, 7) is 7.84. The molecule has 0 spiro atoms. The van der Waals surface area contributed by atoms with Crippen molar-refractivity contribution in [1.82, 2.24) is 0 Å². The van der Waals surface area contributed by atoms with Crippen molar-refractivity contribution in [3.05, 3.63) is 29.3 Å². The molecule has 0 fully saturated rings. The van der Waals surface area contributed by atoms with E-state index in [-0.39, 0.29) is 11.8 Å². The monoisotopic (exact) mass is 220 g/mol. The van der Waals surface area contributed by atoms with Gasteiger partial charge < -0.3 is 11.1 Å². The van der Waals surface area contributed by atoms with Crippen molar-refractivity contribution in [2.24, 2.45) is 11.7 Å². The van der Waals surface area contributed by atoms with Gasteiger partial charge in [-0.15, -0.1) is 0 Å². The maximum absolute atomic E-state index is 11.8. The van der Waals surface area contributed by atoms with E-state index < -0.39 is 6.04 Å². The normalized spacial score (nSPS) is 12.6. The Bertz CT molecular complexity index is 386. The molecular formula is C13H20N2O. The number of hydrogen-bond donors (Lipinski definition) is 2. The minimum Gasteiger partial charge on any atom is -0.324 e. The first-order valence-corrected chi connectivity index (χ1v) is 5.55. The fourth-order valence-electron chi connectivity index (χ4n) is 1.39. The number of carbonyl (C=O) groups is 1. The molecule has 3 nitrogen and oxygen atoms in total. The maximum atomic E-state index is 11.8. The number of nitrogens with one attached hydrogen (secondary N) is 1. The smallest absolute Gasteiger partial charge is 0.241 e. The molecule has 16 heavy (non-hydrogen) atoms. The maximum Gasteiger partial charge on any atom is 0.241 e. The lowest BCUT2D eigenvalue weighted by Crippen LogP contribution is -2.39. The van der Waals surface area contributed by atoms with Crippen LogP contribution >= 0.6 is 0 Å². The number of rotatable bonds is 3. The predicted molar refractivity (Wildman–Crippen MR) is 67.4 cm³/mol. The highest BCUT2D eigenvalue weighted by molar-refractivity contribution is 5.95. The van der Waals surface area contributed by atoms with Gasteiger partial charge in [0.15, 0.2) is 0 Å². The van der Waals surface area contributed by atoms with E-state index in [9.17, 15) is 4.79 Å². The van der Waals surface area contributed by atoms with Gasteiger partial charge in [-0.3, -0.25) is 4.79 Å². The van der Waals surface area contributed by atoms with Gasteiger partial charge in [-0.25, -0.2) is 0 Å². The fourth-order valence-corrected chi connectivity index (χ4v) is 1.39. The second-order valence-corrected chi connectivity index (χ2v) is 4.58. The lowest BCUT2D eigenvalue weighted by atomic mass is 10.0. The Hall–Kier alpha value is -1.35. The van der Waals surface area contributed by atoms with Crippen LogP contribution in [0.3, 0.4) is 0 Å². The molecule has 1 aromatic carbocycles. The van der Waals surface area contributed by atoms with Crippen molar-refractivity contribution < 1.29 is 4.79 Å². The molecule has 0 bridgehead atoms. The summed E-state index contributed by atoms with van der Waals surface area (Å²) in [6, 6.07) is 5.51. The van der Waals surface area contributed by atoms with Crippen LogP contribution in [0.15, 0.2) is 18.2 Å². The molecule has 1 rings (SSSR count). The van der Waals surface area contributed by atoms with E-state index in [0.717, 1.165) is 16.8 Å². The average Bonchev–Trinajstić information content (AvgIpc) is 2.22.